The SMILES string of the molecule is COc1cc(N)cc(Nc2nc3ccccc3nc2-c2ccccc2S(N)(=O)=O)c1. The van der Waals surface area contributed by atoms with E-state index in [0.29, 0.717) is 45.2 Å². The number of nitrogens with one attached hydrogen (secondary N) is 1. The lowest BCUT2D eigenvalue weighted by Gasteiger charge is -2.15. The van der Waals surface area contributed by atoms with Gasteiger partial charge in [0, 0.05) is 29.1 Å². The molecular formula is C21H19N5O3S. The van der Waals surface area contributed by atoms with Crippen LogP contribution in [-0.4, -0.2) is 25.5 Å². The van der Waals surface area contributed by atoms with Gasteiger partial charge >= 0.3 is 0 Å². The van der Waals surface area contributed by atoms with Gasteiger partial charge in [-0.05, 0) is 24.3 Å². The Morgan fingerprint density at radius 1 is 0.933 bits per heavy atom. The summed E-state index contributed by atoms with van der Waals surface area (Å²) < 4.78 is 29.6. The van der Waals surface area contributed by atoms with E-state index in [1.807, 2.05) is 18.2 Å². The Balaban J connectivity index is 1.95. The molecule has 0 saturated carbocycles. The summed E-state index contributed by atoms with van der Waals surface area (Å²) >= 11 is 0. The van der Waals surface area contributed by atoms with Crippen LogP contribution in [-0.2, 0) is 10.0 Å². The highest BCUT2D eigenvalue weighted by Crippen LogP contribution is 2.34. The second kappa shape index (κ2) is 7.62. The zero-order valence-electron chi connectivity index (χ0n) is 16.0. The van der Waals surface area contributed by atoms with Crippen LogP contribution in [0.2, 0.25) is 0 Å². The van der Waals surface area contributed by atoms with Crippen LogP contribution in [0.1, 0.15) is 0 Å². The molecule has 3 aromatic carbocycles. The van der Waals surface area contributed by atoms with Crippen molar-refractivity contribution >= 4 is 38.2 Å². The van der Waals surface area contributed by atoms with E-state index in [1.165, 1.54) is 6.07 Å². The number of hydrogen-bond donors (Lipinski definition) is 3. The molecule has 0 saturated heterocycles. The van der Waals surface area contributed by atoms with Gasteiger partial charge in [-0.15, -0.1) is 0 Å². The average Bonchev–Trinajstić information content (AvgIpc) is 2.72. The van der Waals surface area contributed by atoms with E-state index >= 15 is 0 Å². The molecule has 0 unspecified atom stereocenters. The Morgan fingerprint density at radius 2 is 1.60 bits per heavy atom. The van der Waals surface area contributed by atoms with Crippen LogP contribution in [0.25, 0.3) is 22.3 Å². The summed E-state index contributed by atoms with van der Waals surface area (Å²) in [6, 6.07) is 18.9. The Hall–Kier alpha value is -3.69. The fraction of sp³-hybridized carbons (Fsp3) is 0.0476. The first-order valence-electron chi connectivity index (χ1n) is 8.96. The Bertz CT molecular complexity index is 1360. The van der Waals surface area contributed by atoms with E-state index < -0.39 is 10.0 Å². The lowest BCUT2D eigenvalue weighted by molar-refractivity contribution is 0.415. The smallest absolute Gasteiger partial charge is 0.238 e. The number of primary sulfonamides is 1. The monoisotopic (exact) mass is 421 g/mol. The number of nitrogen functional groups attached to an aromatic ring is 1. The van der Waals surface area contributed by atoms with E-state index in [9.17, 15) is 8.42 Å². The van der Waals surface area contributed by atoms with Crippen LogP contribution >= 0.6 is 0 Å². The summed E-state index contributed by atoms with van der Waals surface area (Å²) in [5.41, 5.74) is 9.03. The van der Waals surface area contributed by atoms with Crippen molar-refractivity contribution in [1.82, 2.24) is 9.97 Å². The van der Waals surface area contributed by atoms with Gasteiger partial charge in [-0.25, -0.2) is 23.5 Å². The topological polar surface area (TPSA) is 133 Å². The van der Waals surface area contributed by atoms with E-state index in [4.69, 9.17) is 15.6 Å². The minimum atomic E-state index is -3.98. The standard InChI is InChI=1S/C21H19N5O3S/c1-29-15-11-13(22)10-14(12-15)24-21-20(25-17-7-3-4-8-18(17)26-21)16-6-2-5-9-19(16)30(23,27)28/h2-12H,22H2,1H3,(H,24,26)(H2,23,27,28). The zero-order valence-corrected chi connectivity index (χ0v) is 16.8. The number of rotatable bonds is 5. The number of para-hydroxylation sites is 2. The third kappa shape index (κ3) is 3.88. The number of aromatic nitrogens is 2. The normalized spacial score (nSPS) is 11.4. The maximum absolute atomic E-state index is 12.2. The molecule has 8 nitrogen and oxygen atoms in total. The van der Waals surface area contributed by atoms with E-state index in [0.717, 1.165) is 0 Å². The second-order valence-corrected chi connectivity index (χ2v) is 8.10. The fourth-order valence-corrected chi connectivity index (χ4v) is 3.87. The maximum Gasteiger partial charge on any atom is 0.238 e. The summed E-state index contributed by atoms with van der Waals surface area (Å²) in [6.07, 6.45) is 0. The van der Waals surface area contributed by atoms with Gasteiger partial charge in [-0.3, -0.25) is 0 Å². The summed E-state index contributed by atoms with van der Waals surface area (Å²) in [7, 11) is -2.43. The average molecular weight is 421 g/mol. The first-order chi connectivity index (χ1) is 14.3. The number of sulfonamides is 1. The number of nitrogens with zero attached hydrogens (tertiary/aromatic N) is 2. The molecule has 0 aliphatic rings. The molecule has 152 valence electrons. The van der Waals surface area contributed by atoms with Gasteiger partial charge < -0.3 is 15.8 Å². The summed E-state index contributed by atoms with van der Waals surface area (Å²) in [5, 5.41) is 8.63. The van der Waals surface area contributed by atoms with Gasteiger partial charge in [0.25, 0.3) is 0 Å². The van der Waals surface area contributed by atoms with Crippen molar-refractivity contribution in [3.8, 4) is 17.0 Å². The van der Waals surface area contributed by atoms with Crippen molar-refractivity contribution in [3.63, 3.8) is 0 Å². The minimum Gasteiger partial charge on any atom is -0.497 e. The molecule has 0 aliphatic heterocycles. The van der Waals surface area contributed by atoms with Crippen molar-refractivity contribution in [1.29, 1.82) is 0 Å². The van der Waals surface area contributed by atoms with Gasteiger partial charge in [-0.1, -0.05) is 30.3 Å². The molecule has 5 N–H and O–H groups in total. The van der Waals surface area contributed by atoms with Crippen molar-refractivity contribution in [2.45, 2.75) is 4.90 Å². The highest BCUT2D eigenvalue weighted by Gasteiger charge is 2.20. The molecule has 0 radical (unpaired) electrons. The van der Waals surface area contributed by atoms with E-state index in [2.05, 4.69) is 15.3 Å². The molecule has 0 spiro atoms. The number of ether oxygens (including phenoxy) is 1. The Morgan fingerprint density at radius 3 is 2.30 bits per heavy atom. The largest absolute Gasteiger partial charge is 0.497 e. The van der Waals surface area contributed by atoms with Gasteiger partial charge in [0.15, 0.2) is 5.82 Å². The molecule has 30 heavy (non-hydrogen) atoms. The number of hydrogen-bond acceptors (Lipinski definition) is 7. The third-order valence-corrected chi connectivity index (χ3v) is 5.42. The first kappa shape index (κ1) is 19.6. The molecule has 0 aliphatic carbocycles. The number of anilines is 3. The molecule has 0 atom stereocenters. The Labute approximate surface area is 173 Å². The molecule has 4 aromatic rings. The van der Waals surface area contributed by atoms with Crippen LogP contribution in [0.5, 0.6) is 5.75 Å². The van der Waals surface area contributed by atoms with Gasteiger partial charge in [-0.2, -0.15) is 0 Å². The third-order valence-electron chi connectivity index (χ3n) is 4.45. The molecule has 0 bridgehead atoms. The quantitative estimate of drug-likeness (QED) is 0.421. The fourth-order valence-electron chi connectivity index (χ4n) is 3.13. The number of fused-ring (bicyclic) bond motifs is 1. The van der Waals surface area contributed by atoms with Gasteiger partial charge in [0.1, 0.15) is 11.4 Å². The van der Waals surface area contributed by atoms with E-state index in [1.54, 1.807) is 49.6 Å². The lowest BCUT2D eigenvalue weighted by atomic mass is 10.1. The molecular weight excluding hydrogens is 402 g/mol. The minimum absolute atomic E-state index is 0.0391. The molecule has 4 rings (SSSR count). The summed E-state index contributed by atoms with van der Waals surface area (Å²) in [5.74, 6) is 0.926. The van der Waals surface area contributed by atoms with Crippen molar-refractivity contribution in [2.24, 2.45) is 5.14 Å². The highest BCUT2D eigenvalue weighted by atomic mass is 32.2. The number of benzene rings is 3. The number of methoxy groups -OCH3 is 1. The predicted molar refractivity (Wildman–Crippen MR) is 117 cm³/mol. The lowest BCUT2D eigenvalue weighted by Crippen LogP contribution is -2.14. The van der Waals surface area contributed by atoms with Crippen LogP contribution < -0.4 is 20.9 Å². The van der Waals surface area contributed by atoms with Gasteiger partial charge in [0.2, 0.25) is 10.0 Å². The summed E-state index contributed by atoms with van der Waals surface area (Å²) in [6.45, 7) is 0. The molecule has 1 heterocycles. The first-order valence-corrected chi connectivity index (χ1v) is 10.5. The van der Waals surface area contributed by atoms with Crippen LogP contribution in [0.4, 0.5) is 17.2 Å². The second-order valence-electron chi connectivity index (χ2n) is 6.57. The van der Waals surface area contributed by atoms with Crippen molar-refractivity contribution in [3.05, 3.63) is 66.7 Å². The summed E-state index contributed by atoms with van der Waals surface area (Å²) in [4.78, 5) is 9.30. The molecule has 0 amide bonds. The zero-order chi connectivity index (χ0) is 21.3. The highest BCUT2D eigenvalue weighted by molar-refractivity contribution is 7.89. The predicted octanol–water partition coefficient (Wildman–Crippen LogP) is 3.28. The van der Waals surface area contributed by atoms with Crippen LogP contribution in [0, 0.1) is 0 Å². The molecule has 9 heteroatoms. The molecule has 0 fully saturated rings. The van der Waals surface area contributed by atoms with Gasteiger partial charge in [0.05, 0.1) is 23.0 Å². The van der Waals surface area contributed by atoms with Crippen LogP contribution in [0.3, 0.4) is 0 Å². The van der Waals surface area contributed by atoms with Crippen molar-refractivity contribution < 1.29 is 13.2 Å². The molecule has 1 aromatic heterocycles. The van der Waals surface area contributed by atoms with Crippen molar-refractivity contribution in [2.75, 3.05) is 18.2 Å². The van der Waals surface area contributed by atoms with Crippen LogP contribution in [0.15, 0.2) is 71.6 Å². The number of nitrogens with two attached hydrogens (primary N) is 2. The van der Waals surface area contributed by atoms with E-state index in [-0.39, 0.29) is 4.90 Å². The Kier molecular flexibility index (Phi) is 4.98. The maximum atomic E-state index is 12.2.